The summed E-state index contributed by atoms with van der Waals surface area (Å²) in [6, 6.07) is 6.16. The van der Waals surface area contributed by atoms with Crippen LogP contribution in [0.1, 0.15) is 23.8 Å². The third kappa shape index (κ3) is 1.80. The monoisotopic (exact) mass is 212 g/mol. The minimum atomic E-state index is -0.816. The molecule has 14 heavy (non-hydrogen) atoms. The van der Waals surface area contributed by atoms with Crippen molar-refractivity contribution in [1.29, 1.82) is 0 Å². The summed E-state index contributed by atoms with van der Waals surface area (Å²) in [6.07, 6.45) is 1.80. The highest BCUT2D eigenvalue weighted by atomic mass is 35.5. The number of carbonyl (C=O) groups is 1. The SMILES string of the molecule is O=C(C1CC1)[C@@H](Cl)c1ccccc1F. The molecule has 0 spiro atoms. The molecule has 0 radical (unpaired) electrons. The van der Waals surface area contributed by atoms with Crippen molar-refractivity contribution in [2.24, 2.45) is 5.92 Å². The molecule has 0 saturated heterocycles. The lowest BCUT2D eigenvalue weighted by Crippen LogP contribution is -2.10. The number of carbonyl (C=O) groups excluding carboxylic acids is 1. The molecule has 0 bridgehead atoms. The Morgan fingerprint density at radius 3 is 2.64 bits per heavy atom. The van der Waals surface area contributed by atoms with Crippen molar-refractivity contribution in [3.8, 4) is 0 Å². The lowest BCUT2D eigenvalue weighted by molar-refractivity contribution is -0.120. The van der Waals surface area contributed by atoms with Crippen LogP contribution in [0.2, 0.25) is 0 Å². The van der Waals surface area contributed by atoms with E-state index in [9.17, 15) is 9.18 Å². The second-order valence-corrected chi connectivity index (χ2v) is 4.00. The first-order valence-corrected chi connectivity index (χ1v) is 5.06. The molecule has 0 aliphatic heterocycles. The molecule has 1 fully saturated rings. The van der Waals surface area contributed by atoms with Gasteiger partial charge in [0.2, 0.25) is 0 Å². The Labute approximate surface area is 86.9 Å². The van der Waals surface area contributed by atoms with Crippen LogP contribution in [0.3, 0.4) is 0 Å². The molecule has 0 unspecified atom stereocenters. The van der Waals surface area contributed by atoms with Crippen LogP contribution < -0.4 is 0 Å². The summed E-state index contributed by atoms with van der Waals surface area (Å²) < 4.78 is 13.2. The van der Waals surface area contributed by atoms with Crippen LogP contribution in [-0.2, 0) is 4.79 Å². The number of hydrogen-bond acceptors (Lipinski definition) is 1. The van der Waals surface area contributed by atoms with Crippen LogP contribution in [0.5, 0.6) is 0 Å². The van der Waals surface area contributed by atoms with Crippen LogP contribution in [0.4, 0.5) is 4.39 Å². The van der Waals surface area contributed by atoms with E-state index in [0.29, 0.717) is 5.56 Å². The standard InChI is InChI=1S/C11H10ClFO/c12-10(11(14)7-5-6-7)8-3-1-2-4-9(8)13/h1-4,7,10H,5-6H2/t10-/m0/s1. The van der Waals surface area contributed by atoms with Crippen LogP contribution in [0.15, 0.2) is 24.3 Å². The van der Waals surface area contributed by atoms with E-state index in [2.05, 4.69) is 0 Å². The quantitative estimate of drug-likeness (QED) is 0.704. The fraction of sp³-hybridized carbons (Fsp3) is 0.364. The Morgan fingerprint density at radius 1 is 1.43 bits per heavy atom. The predicted molar refractivity (Wildman–Crippen MR) is 52.7 cm³/mol. The van der Waals surface area contributed by atoms with Crippen LogP contribution in [0, 0.1) is 11.7 Å². The van der Waals surface area contributed by atoms with Crippen LogP contribution in [0.25, 0.3) is 0 Å². The zero-order valence-corrected chi connectivity index (χ0v) is 8.30. The fourth-order valence-electron chi connectivity index (χ4n) is 1.41. The highest BCUT2D eigenvalue weighted by Gasteiger charge is 2.35. The maximum absolute atomic E-state index is 13.2. The van der Waals surface area contributed by atoms with Crippen molar-refractivity contribution in [3.05, 3.63) is 35.6 Å². The second kappa shape index (κ2) is 3.70. The van der Waals surface area contributed by atoms with E-state index in [4.69, 9.17) is 11.6 Å². The average molecular weight is 213 g/mol. The van der Waals surface area contributed by atoms with Gasteiger partial charge < -0.3 is 0 Å². The third-order valence-electron chi connectivity index (χ3n) is 2.41. The third-order valence-corrected chi connectivity index (χ3v) is 2.86. The molecule has 1 nitrogen and oxygen atoms in total. The first-order chi connectivity index (χ1) is 6.70. The molecule has 1 aromatic carbocycles. The first kappa shape index (κ1) is 9.66. The Kier molecular flexibility index (Phi) is 2.55. The molecule has 0 aromatic heterocycles. The van der Waals surface area contributed by atoms with Crippen LogP contribution >= 0.6 is 11.6 Å². The number of rotatable bonds is 3. The zero-order valence-electron chi connectivity index (χ0n) is 7.54. The summed E-state index contributed by atoms with van der Waals surface area (Å²) in [4.78, 5) is 11.6. The number of halogens is 2. The highest BCUT2D eigenvalue weighted by Crippen LogP contribution is 2.37. The van der Waals surface area contributed by atoms with Gasteiger partial charge in [0.25, 0.3) is 0 Å². The van der Waals surface area contributed by atoms with Gasteiger partial charge >= 0.3 is 0 Å². The highest BCUT2D eigenvalue weighted by molar-refractivity contribution is 6.31. The Hall–Kier alpha value is -0.890. The topological polar surface area (TPSA) is 17.1 Å². The van der Waals surface area contributed by atoms with Crippen LogP contribution in [-0.4, -0.2) is 5.78 Å². The van der Waals surface area contributed by atoms with Gasteiger partial charge in [-0.3, -0.25) is 4.79 Å². The fourth-order valence-corrected chi connectivity index (χ4v) is 1.76. The first-order valence-electron chi connectivity index (χ1n) is 4.62. The lowest BCUT2D eigenvalue weighted by atomic mass is 10.1. The molecule has 3 heteroatoms. The summed E-state index contributed by atoms with van der Waals surface area (Å²) >= 11 is 5.91. The molecule has 0 N–H and O–H groups in total. The Bertz CT molecular complexity index is 360. The normalized spacial score (nSPS) is 17.9. The van der Waals surface area contributed by atoms with E-state index in [1.54, 1.807) is 18.2 Å². The number of alkyl halides is 1. The molecule has 2 rings (SSSR count). The van der Waals surface area contributed by atoms with Crippen molar-refractivity contribution in [3.63, 3.8) is 0 Å². The average Bonchev–Trinajstić information content (AvgIpc) is 3.00. The van der Waals surface area contributed by atoms with E-state index in [1.807, 2.05) is 0 Å². The molecular weight excluding hydrogens is 203 g/mol. The van der Waals surface area contributed by atoms with Crippen molar-refractivity contribution in [1.82, 2.24) is 0 Å². The van der Waals surface area contributed by atoms with E-state index >= 15 is 0 Å². The van der Waals surface area contributed by atoms with Gasteiger partial charge in [-0.15, -0.1) is 11.6 Å². The summed E-state index contributed by atoms with van der Waals surface area (Å²) in [5.41, 5.74) is 0.297. The van der Waals surface area contributed by atoms with E-state index in [0.717, 1.165) is 12.8 Å². The minimum Gasteiger partial charge on any atom is -0.297 e. The van der Waals surface area contributed by atoms with Crippen molar-refractivity contribution < 1.29 is 9.18 Å². The molecule has 0 amide bonds. The van der Waals surface area contributed by atoms with Gasteiger partial charge in [0.15, 0.2) is 5.78 Å². The Balaban J connectivity index is 2.21. The van der Waals surface area contributed by atoms with Gasteiger partial charge in [0, 0.05) is 11.5 Å². The van der Waals surface area contributed by atoms with E-state index in [-0.39, 0.29) is 11.7 Å². The van der Waals surface area contributed by atoms with Gasteiger partial charge in [-0.05, 0) is 18.9 Å². The number of Topliss-reactive ketones (excluding diaryl/α,β-unsaturated/α-hetero) is 1. The van der Waals surface area contributed by atoms with Gasteiger partial charge in [-0.1, -0.05) is 18.2 Å². The number of ketones is 1. The molecule has 1 saturated carbocycles. The van der Waals surface area contributed by atoms with Crippen molar-refractivity contribution in [2.75, 3.05) is 0 Å². The number of benzene rings is 1. The molecule has 0 heterocycles. The van der Waals surface area contributed by atoms with Gasteiger partial charge in [-0.2, -0.15) is 0 Å². The molecule has 74 valence electrons. The van der Waals surface area contributed by atoms with Gasteiger partial charge in [-0.25, -0.2) is 4.39 Å². The summed E-state index contributed by atoms with van der Waals surface area (Å²) in [5.74, 6) is -0.379. The largest absolute Gasteiger partial charge is 0.297 e. The number of hydrogen-bond donors (Lipinski definition) is 0. The maximum atomic E-state index is 13.2. The molecule has 1 aliphatic carbocycles. The van der Waals surface area contributed by atoms with Gasteiger partial charge in [0.1, 0.15) is 11.2 Å². The van der Waals surface area contributed by atoms with Crippen molar-refractivity contribution >= 4 is 17.4 Å². The summed E-state index contributed by atoms with van der Waals surface area (Å²) in [7, 11) is 0. The van der Waals surface area contributed by atoms with E-state index < -0.39 is 11.2 Å². The van der Waals surface area contributed by atoms with Crippen molar-refractivity contribution in [2.45, 2.75) is 18.2 Å². The molecule has 1 atom stereocenters. The minimum absolute atomic E-state index is 0.0447. The molecular formula is C11H10ClFO. The Morgan fingerprint density at radius 2 is 2.07 bits per heavy atom. The molecule has 1 aliphatic rings. The second-order valence-electron chi connectivity index (χ2n) is 3.56. The van der Waals surface area contributed by atoms with E-state index in [1.165, 1.54) is 6.07 Å². The smallest absolute Gasteiger partial charge is 0.158 e. The molecule has 1 aromatic rings. The summed E-state index contributed by atoms with van der Waals surface area (Å²) in [6.45, 7) is 0. The lowest BCUT2D eigenvalue weighted by Gasteiger charge is -2.08. The zero-order chi connectivity index (χ0) is 10.1. The summed E-state index contributed by atoms with van der Waals surface area (Å²) in [5, 5.41) is -0.816. The predicted octanol–water partition coefficient (Wildman–Crippen LogP) is 3.08. The maximum Gasteiger partial charge on any atom is 0.158 e. The van der Waals surface area contributed by atoms with Gasteiger partial charge in [0.05, 0.1) is 0 Å².